The van der Waals surface area contributed by atoms with Gasteiger partial charge in [0, 0.05) is 11.1 Å². The number of benzene rings is 2. The number of rotatable bonds is 40. The van der Waals surface area contributed by atoms with Gasteiger partial charge in [-0.2, -0.15) is 0 Å². The molecule has 0 aromatic heterocycles. The molecule has 0 saturated heterocycles. The molecule has 58 heavy (non-hydrogen) atoms. The highest BCUT2D eigenvalue weighted by Crippen LogP contribution is 2.18. The third kappa shape index (κ3) is 29.2. The van der Waals surface area contributed by atoms with Crippen LogP contribution in [0.2, 0.25) is 0 Å². The molecule has 6 heteroatoms. The quantitative estimate of drug-likeness (QED) is 0.0520. The van der Waals surface area contributed by atoms with Crippen LogP contribution < -0.4 is 20.3 Å². The van der Waals surface area contributed by atoms with E-state index in [1.807, 2.05) is 24.3 Å². The first-order valence-corrected chi connectivity index (χ1v) is 24.7. The van der Waals surface area contributed by atoms with Crippen molar-refractivity contribution in [1.29, 1.82) is 0 Å². The average Bonchev–Trinajstić information content (AvgIpc) is 3.25. The fourth-order valence-corrected chi connectivity index (χ4v) is 7.70. The topological polar surface area (TPSA) is 76.7 Å². The summed E-state index contributed by atoms with van der Waals surface area (Å²) >= 11 is 0. The van der Waals surface area contributed by atoms with Crippen LogP contribution in [0.1, 0.15) is 253 Å². The second-order valence-corrected chi connectivity index (χ2v) is 17.0. The summed E-state index contributed by atoms with van der Waals surface area (Å²) in [6.45, 7) is 5.94. The lowest BCUT2D eigenvalue weighted by Crippen LogP contribution is -2.41. The zero-order valence-electron chi connectivity index (χ0n) is 37.7. The van der Waals surface area contributed by atoms with Crippen LogP contribution in [0.15, 0.2) is 48.5 Å². The number of unbranched alkanes of at least 4 members (excludes halogenated alkanes) is 32. The number of carbonyl (C=O) groups is 2. The molecule has 0 aliphatic heterocycles. The Kier molecular flexibility index (Phi) is 33.7. The lowest BCUT2D eigenvalue weighted by Gasteiger charge is -2.10. The van der Waals surface area contributed by atoms with Crippen molar-refractivity contribution in [2.45, 2.75) is 232 Å². The highest BCUT2D eigenvalue weighted by molar-refractivity contribution is 5.99. The van der Waals surface area contributed by atoms with Crippen LogP contribution in [0.4, 0.5) is 0 Å². The SMILES string of the molecule is CCCCCCCCCCCCCCCCCCCOc1ccc(C(=O)NNC(=O)c2ccc(OCCCCCCCCCCCCCCCCCCC)cc2)cc1. The van der Waals surface area contributed by atoms with Crippen LogP contribution in [-0.4, -0.2) is 25.0 Å². The maximum atomic E-state index is 12.6. The normalized spacial score (nSPS) is 11.1. The molecule has 0 saturated carbocycles. The van der Waals surface area contributed by atoms with E-state index in [0.29, 0.717) is 24.3 Å². The highest BCUT2D eigenvalue weighted by atomic mass is 16.5. The van der Waals surface area contributed by atoms with Crippen LogP contribution >= 0.6 is 0 Å². The minimum absolute atomic E-state index is 0.373. The van der Waals surface area contributed by atoms with E-state index in [0.717, 1.165) is 24.3 Å². The number of carbonyl (C=O) groups excluding carboxylic acids is 2. The van der Waals surface area contributed by atoms with Crippen molar-refractivity contribution in [2.75, 3.05) is 13.2 Å². The zero-order chi connectivity index (χ0) is 41.4. The molecule has 2 amide bonds. The van der Waals surface area contributed by atoms with E-state index in [2.05, 4.69) is 24.7 Å². The van der Waals surface area contributed by atoms with Crippen LogP contribution in [0.3, 0.4) is 0 Å². The highest BCUT2D eigenvalue weighted by Gasteiger charge is 2.10. The van der Waals surface area contributed by atoms with Gasteiger partial charge in [-0.15, -0.1) is 0 Å². The second-order valence-electron chi connectivity index (χ2n) is 17.0. The molecule has 2 aromatic rings. The van der Waals surface area contributed by atoms with Gasteiger partial charge in [-0.25, -0.2) is 0 Å². The Morgan fingerprint density at radius 3 is 0.759 bits per heavy atom. The van der Waals surface area contributed by atoms with Gasteiger partial charge in [-0.05, 0) is 61.4 Å². The predicted octanol–water partition coefficient (Wildman–Crippen LogP) is 15.8. The van der Waals surface area contributed by atoms with Crippen molar-refractivity contribution < 1.29 is 19.1 Å². The van der Waals surface area contributed by atoms with E-state index >= 15 is 0 Å². The van der Waals surface area contributed by atoms with Gasteiger partial charge in [0.05, 0.1) is 13.2 Å². The summed E-state index contributed by atoms with van der Waals surface area (Å²) < 4.78 is 11.8. The first-order valence-electron chi connectivity index (χ1n) is 24.7. The van der Waals surface area contributed by atoms with Gasteiger partial charge in [0.15, 0.2) is 0 Å². The summed E-state index contributed by atoms with van der Waals surface area (Å²) in [5, 5.41) is 0. The molecule has 6 nitrogen and oxygen atoms in total. The van der Waals surface area contributed by atoms with Crippen molar-refractivity contribution in [1.82, 2.24) is 10.9 Å². The summed E-state index contributed by atoms with van der Waals surface area (Å²) in [5.74, 6) is 0.762. The Morgan fingerprint density at radius 1 is 0.328 bits per heavy atom. The molecule has 2 N–H and O–H groups in total. The number of hydrogen-bond acceptors (Lipinski definition) is 4. The molecule has 330 valence electrons. The largest absolute Gasteiger partial charge is 0.494 e. The van der Waals surface area contributed by atoms with Crippen LogP contribution in [-0.2, 0) is 0 Å². The minimum atomic E-state index is -0.373. The summed E-state index contributed by atoms with van der Waals surface area (Å²) in [6.07, 6.45) is 46.2. The van der Waals surface area contributed by atoms with Crippen LogP contribution in [0.25, 0.3) is 0 Å². The van der Waals surface area contributed by atoms with Crippen molar-refractivity contribution in [2.24, 2.45) is 0 Å². The number of hydrazine groups is 1. The smallest absolute Gasteiger partial charge is 0.269 e. The van der Waals surface area contributed by atoms with Gasteiger partial charge in [-0.1, -0.05) is 219 Å². The van der Waals surface area contributed by atoms with E-state index in [9.17, 15) is 9.59 Å². The van der Waals surface area contributed by atoms with Crippen molar-refractivity contribution in [3.63, 3.8) is 0 Å². The summed E-state index contributed by atoms with van der Waals surface area (Å²) in [7, 11) is 0. The van der Waals surface area contributed by atoms with Gasteiger partial charge in [0.1, 0.15) is 11.5 Å². The first kappa shape index (κ1) is 51.1. The number of nitrogens with one attached hydrogen (secondary N) is 2. The number of hydrogen-bond donors (Lipinski definition) is 2. The molecule has 0 aliphatic rings. The summed E-state index contributed by atoms with van der Waals surface area (Å²) in [6, 6.07) is 14.1. The third-order valence-corrected chi connectivity index (χ3v) is 11.6. The molecule has 0 spiro atoms. The maximum Gasteiger partial charge on any atom is 0.269 e. The molecule has 0 heterocycles. The lowest BCUT2D eigenvalue weighted by atomic mass is 10.0. The molecule has 0 atom stereocenters. The van der Waals surface area contributed by atoms with Crippen molar-refractivity contribution in [3.05, 3.63) is 59.7 Å². The van der Waals surface area contributed by atoms with E-state index in [-0.39, 0.29) is 11.8 Å². The Hall–Kier alpha value is -3.02. The summed E-state index contributed by atoms with van der Waals surface area (Å²) in [4.78, 5) is 25.3. The van der Waals surface area contributed by atoms with E-state index in [1.165, 1.54) is 205 Å². The molecule has 0 unspecified atom stereocenters. The Balaban J connectivity index is 1.40. The minimum Gasteiger partial charge on any atom is -0.494 e. The van der Waals surface area contributed by atoms with Crippen LogP contribution in [0, 0.1) is 0 Å². The molecule has 0 bridgehead atoms. The number of amides is 2. The Bertz CT molecular complexity index is 1120. The van der Waals surface area contributed by atoms with Gasteiger partial charge in [0.25, 0.3) is 11.8 Å². The monoisotopic (exact) mass is 805 g/mol. The van der Waals surface area contributed by atoms with Gasteiger partial charge in [0.2, 0.25) is 0 Å². The molecule has 0 radical (unpaired) electrons. The molecular formula is C52H88N2O4. The zero-order valence-corrected chi connectivity index (χ0v) is 37.7. The molecule has 0 fully saturated rings. The molecule has 2 rings (SSSR count). The predicted molar refractivity (Wildman–Crippen MR) is 247 cm³/mol. The van der Waals surface area contributed by atoms with E-state index in [1.54, 1.807) is 24.3 Å². The molecule has 2 aromatic carbocycles. The second kappa shape index (κ2) is 38.2. The number of ether oxygens (including phenoxy) is 2. The first-order chi connectivity index (χ1) is 28.6. The fourth-order valence-electron chi connectivity index (χ4n) is 7.70. The van der Waals surface area contributed by atoms with E-state index < -0.39 is 0 Å². The van der Waals surface area contributed by atoms with Crippen LogP contribution in [0.5, 0.6) is 11.5 Å². The van der Waals surface area contributed by atoms with Crippen molar-refractivity contribution in [3.8, 4) is 11.5 Å². The maximum absolute atomic E-state index is 12.6. The molecule has 0 aliphatic carbocycles. The fraction of sp³-hybridized carbons (Fsp3) is 0.731. The molecular weight excluding hydrogens is 717 g/mol. The Morgan fingerprint density at radius 2 is 0.534 bits per heavy atom. The summed E-state index contributed by atoms with van der Waals surface area (Å²) in [5.41, 5.74) is 5.94. The third-order valence-electron chi connectivity index (χ3n) is 11.6. The average molecular weight is 805 g/mol. The van der Waals surface area contributed by atoms with Gasteiger partial charge in [-0.3, -0.25) is 20.4 Å². The van der Waals surface area contributed by atoms with Crippen molar-refractivity contribution >= 4 is 11.8 Å². The lowest BCUT2D eigenvalue weighted by molar-refractivity contribution is 0.0846. The Labute approximate surface area is 357 Å². The van der Waals surface area contributed by atoms with Gasteiger partial charge >= 0.3 is 0 Å². The van der Waals surface area contributed by atoms with Gasteiger partial charge < -0.3 is 9.47 Å². The van der Waals surface area contributed by atoms with E-state index in [4.69, 9.17) is 9.47 Å². The standard InChI is InChI=1S/C52H88N2O4/c1-3-5-7-9-11-13-15-17-19-21-23-25-27-29-31-33-35-45-57-49-41-37-47(38-42-49)51(55)53-54-52(56)48-39-43-50(44-40-48)58-46-36-34-32-30-28-26-24-22-20-18-16-14-12-10-8-6-4-2/h37-44H,3-36,45-46H2,1-2H3,(H,53,55)(H,54,56).